The molecule has 0 aliphatic carbocycles. The fourth-order valence-corrected chi connectivity index (χ4v) is 10.1. The van der Waals surface area contributed by atoms with Crippen molar-refractivity contribution in [2.45, 2.75) is 243 Å². The third kappa shape index (κ3) is 44.3. The number of guanidine groups is 4. The second-order valence-corrected chi connectivity index (χ2v) is 27.5. The van der Waals surface area contributed by atoms with Crippen molar-refractivity contribution in [1.29, 1.82) is 21.6 Å². The molecule has 0 aliphatic rings. The molecule has 0 aromatic heterocycles. The lowest BCUT2D eigenvalue weighted by atomic mass is 10.1. The minimum absolute atomic E-state index is 0.00963. The van der Waals surface area contributed by atoms with E-state index >= 15 is 0 Å². The average Bonchev–Trinajstić information content (AvgIpc) is 0.864. The van der Waals surface area contributed by atoms with E-state index in [1.54, 1.807) is 0 Å². The zero-order chi connectivity index (χ0) is 92.1. The highest BCUT2D eigenvalue weighted by atomic mass is 16.4. The van der Waals surface area contributed by atoms with E-state index in [0.717, 1.165) is 55.4 Å². The van der Waals surface area contributed by atoms with Crippen molar-refractivity contribution in [3.05, 3.63) is 0 Å². The number of Topliss-reactive ketones (excluding diaryl/α,β-unsaturated/α-hetero) is 1. The average molecular weight is 1710 g/mol. The van der Waals surface area contributed by atoms with Crippen LogP contribution in [0.3, 0.4) is 0 Å². The van der Waals surface area contributed by atoms with Crippen LogP contribution in [0.5, 0.6) is 0 Å². The van der Waals surface area contributed by atoms with Crippen LogP contribution in [0.15, 0.2) is 0 Å². The second-order valence-electron chi connectivity index (χ2n) is 27.5. The smallest absolute Gasteiger partial charge is 0.305 e. The first-order valence-corrected chi connectivity index (χ1v) is 37.3. The maximum absolute atomic E-state index is 14.0. The van der Waals surface area contributed by atoms with E-state index in [4.69, 9.17) is 44.6 Å². The third-order valence-corrected chi connectivity index (χ3v) is 16.8. The Morgan fingerprint density at radius 3 is 0.533 bits per heavy atom. The number of hydrogen-bond donors (Lipinski definition) is 32. The van der Waals surface area contributed by atoms with Gasteiger partial charge in [-0.05, 0) is 114 Å². The number of carbonyl (C=O) groups is 21. The molecule has 0 aromatic rings. The van der Waals surface area contributed by atoms with Crippen LogP contribution in [0.1, 0.15) is 146 Å². The van der Waals surface area contributed by atoms with E-state index in [1.165, 1.54) is 13.8 Å². The van der Waals surface area contributed by atoms with Crippen LogP contribution < -0.4 is 129 Å². The highest BCUT2D eigenvalue weighted by Crippen LogP contribution is 2.09. The van der Waals surface area contributed by atoms with Crippen LogP contribution in [-0.4, -0.2) is 291 Å². The lowest BCUT2D eigenvalue weighted by molar-refractivity contribution is -0.142. The highest BCUT2D eigenvalue weighted by molar-refractivity contribution is 6.02. The predicted molar refractivity (Wildman–Crippen MR) is 418 cm³/mol. The monoisotopic (exact) mass is 1710 g/mol. The molecule has 0 saturated carbocycles. The number of nitrogens with two attached hydrogens (primary N) is 4. The first-order valence-electron chi connectivity index (χ1n) is 37.3. The molecule has 0 bridgehead atoms. The first-order chi connectivity index (χ1) is 55.8. The zero-order valence-electron chi connectivity index (χ0n) is 67.7. The first kappa shape index (κ1) is 106. The van der Waals surface area contributed by atoms with Crippen LogP contribution in [0, 0.1) is 21.6 Å². The van der Waals surface area contributed by atoms with Gasteiger partial charge in [0.1, 0.15) is 90.6 Å². The Morgan fingerprint density at radius 1 is 0.233 bits per heavy atom. The highest BCUT2D eigenvalue weighted by Gasteiger charge is 2.38. The molecule has 16 unspecified atom stereocenters. The molecule has 53 nitrogen and oxygen atoms in total. The van der Waals surface area contributed by atoms with Gasteiger partial charge < -0.3 is 150 Å². The van der Waals surface area contributed by atoms with Gasteiger partial charge in [-0.15, -0.1) is 0 Å². The number of nitrogens with one attached hydrogen (secondary N) is 24. The van der Waals surface area contributed by atoms with Gasteiger partial charge in [-0.1, -0.05) is 0 Å². The number of amides is 16. The quantitative estimate of drug-likeness (QED) is 0.0153. The second kappa shape index (κ2) is 54.1. The Bertz CT molecular complexity index is 3760. The van der Waals surface area contributed by atoms with Crippen molar-refractivity contribution in [2.75, 3.05) is 26.2 Å². The number of carboxylic acid groups (broad SMARTS) is 4. The van der Waals surface area contributed by atoms with E-state index in [0.29, 0.717) is 0 Å². The van der Waals surface area contributed by atoms with Gasteiger partial charge in [-0.2, -0.15) is 0 Å². The molecule has 0 heterocycles. The summed E-state index contributed by atoms with van der Waals surface area (Å²) < 4.78 is 0. The summed E-state index contributed by atoms with van der Waals surface area (Å²) in [5, 5.41) is 114. The van der Waals surface area contributed by atoms with Crippen LogP contribution in [0.25, 0.3) is 0 Å². The normalized spacial score (nSPS) is 14.7. The lowest BCUT2D eigenvalue weighted by Crippen LogP contribution is -2.60. The molecule has 672 valence electrons. The molecule has 0 saturated heterocycles. The van der Waals surface area contributed by atoms with Gasteiger partial charge in [0.15, 0.2) is 29.6 Å². The molecule has 0 spiro atoms. The maximum atomic E-state index is 14.0. The van der Waals surface area contributed by atoms with Gasteiger partial charge in [0.2, 0.25) is 94.5 Å². The standard InChI is InChI=1S/C67H114N28O25/c1-27(35(9)96)80-60(117)41(23-45(98)99)92-53(110)32(6)82-57(114)38(16-12-20-77-65(70)71)89-50(107)29(3)86-62(119)43(25-47(102)103)94-55(112)34(8)84-59(116)40(18-14-22-79-67(74)75)91-51(108)30(4)87-63(120)44(26-48(104)105)95-54(111)33(7)83-58(115)39(17-13-21-78-66(72)73)90-49(106)28(2)85-61(118)42(24-46(100)101)93-52(109)31(5)81-56(113)37(88-36(10)97)15-11-19-76-64(68)69/h27-34,37-44H,11-26H2,1-10H3,(H,80,117)(H,81,113)(H,82,114)(H,83,115)(H,84,116)(H,85,118)(H,86,119)(H,87,120)(H,88,97)(H,89,107)(H,90,106)(H,91,108)(H,92,110)(H,93,109)(H,94,112)(H,95,111)(H,98,99)(H,100,101)(H,102,103)(H,104,105)(H4,68,69,76)(H4,70,71,77)(H4,72,73,78)(H4,74,75,79). The molecule has 53 heteroatoms. The molecule has 16 amide bonds. The van der Waals surface area contributed by atoms with Crippen molar-refractivity contribution in [3.63, 3.8) is 0 Å². The number of rotatable bonds is 56. The van der Waals surface area contributed by atoms with Crippen molar-refractivity contribution in [2.24, 2.45) is 22.9 Å². The zero-order valence-corrected chi connectivity index (χ0v) is 67.7. The Hall–Kier alpha value is -13.8. The molecular weight excluding hydrogens is 1600 g/mol. The Kier molecular flexibility index (Phi) is 47.9. The summed E-state index contributed by atoms with van der Waals surface area (Å²) in [6.45, 7) is 11.2. The van der Waals surface area contributed by atoms with Crippen LogP contribution in [-0.2, 0) is 101 Å². The Balaban J connectivity index is 6.55. The summed E-state index contributed by atoms with van der Waals surface area (Å²) in [6, 6.07) is -26.1. The minimum atomic E-state index is -2.03. The van der Waals surface area contributed by atoms with Gasteiger partial charge in [0.25, 0.3) is 0 Å². The Morgan fingerprint density at radius 2 is 0.383 bits per heavy atom. The summed E-state index contributed by atoms with van der Waals surface area (Å²) in [6.07, 6.45) is -5.03. The van der Waals surface area contributed by atoms with Crippen LogP contribution in [0.4, 0.5) is 0 Å². The topological polar surface area (TPSA) is 879 Å². The van der Waals surface area contributed by atoms with E-state index in [-0.39, 0.29) is 83.5 Å². The third-order valence-electron chi connectivity index (χ3n) is 16.8. The van der Waals surface area contributed by atoms with Crippen LogP contribution in [0.2, 0.25) is 0 Å². The van der Waals surface area contributed by atoms with Crippen LogP contribution >= 0.6 is 0 Å². The fraction of sp³-hybridized carbons (Fsp3) is 0.627. The molecule has 0 aromatic carbocycles. The summed E-state index contributed by atoms with van der Waals surface area (Å²) in [5.74, 6) is -26.5. The van der Waals surface area contributed by atoms with Gasteiger partial charge in [-0.25, -0.2) is 0 Å². The number of ketones is 1. The molecule has 0 fully saturated rings. The summed E-state index contributed by atoms with van der Waals surface area (Å²) >= 11 is 0. The summed E-state index contributed by atoms with van der Waals surface area (Å²) in [4.78, 5) is 275. The molecule has 16 atom stereocenters. The molecule has 120 heavy (non-hydrogen) atoms. The number of aliphatic carboxylic acids is 4. The summed E-state index contributed by atoms with van der Waals surface area (Å²) in [5.41, 5.74) is 21.4. The van der Waals surface area contributed by atoms with E-state index < -0.39 is 264 Å². The van der Waals surface area contributed by atoms with Crippen molar-refractivity contribution < 1.29 is 121 Å². The molecular formula is C67H114N28O25. The van der Waals surface area contributed by atoms with Gasteiger partial charge in [0, 0.05) is 33.1 Å². The van der Waals surface area contributed by atoms with E-state index in [1.807, 2.05) is 0 Å². The Labute approximate surface area is 686 Å². The fourth-order valence-electron chi connectivity index (χ4n) is 10.1. The van der Waals surface area contributed by atoms with Gasteiger partial charge in [0.05, 0.1) is 31.7 Å². The van der Waals surface area contributed by atoms with Crippen molar-refractivity contribution in [3.8, 4) is 0 Å². The largest absolute Gasteiger partial charge is 0.481 e. The maximum Gasteiger partial charge on any atom is 0.305 e. The molecule has 0 radical (unpaired) electrons. The molecule has 36 N–H and O–H groups in total. The van der Waals surface area contributed by atoms with Crippen molar-refractivity contribution in [1.82, 2.24) is 106 Å². The molecule has 0 aliphatic heterocycles. The predicted octanol–water partition coefficient (Wildman–Crippen LogP) is -12.5. The van der Waals surface area contributed by atoms with Gasteiger partial charge in [-0.3, -0.25) is 122 Å². The lowest BCUT2D eigenvalue weighted by Gasteiger charge is -2.26. The minimum Gasteiger partial charge on any atom is -0.481 e. The van der Waals surface area contributed by atoms with E-state index in [2.05, 4.69) is 106 Å². The SMILES string of the molecule is CC(=O)NC(CCCNC(=N)N)C(=O)NC(C)C(=O)NC(CC(=O)O)C(=O)NC(C)C(=O)NC(CCCNC(=N)N)C(=O)NC(C)C(=O)NC(CC(=O)O)C(=O)NC(C)C(=O)NC(CCCNC(=N)N)C(=O)NC(C)C(=O)NC(CC(=O)O)C(=O)NC(C)C(=O)NC(CCCNC(=N)N)C(=O)NC(C)C(=O)NC(CC(=O)O)C(=O)NC(C)C(C)=O. The molecule has 0 rings (SSSR count). The van der Waals surface area contributed by atoms with Gasteiger partial charge >= 0.3 is 23.9 Å². The number of hydrogen-bond acceptors (Lipinski definition) is 25. The van der Waals surface area contributed by atoms with Crippen molar-refractivity contribution >= 4 is 148 Å². The van der Waals surface area contributed by atoms with E-state index in [9.17, 15) is 121 Å². The number of carboxylic acids is 4. The summed E-state index contributed by atoms with van der Waals surface area (Å²) in [7, 11) is 0. The number of carbonyl (C=O) groups excluding carboxylic acids is 17.